The molecule has 1 N–H and O–H groups in total. The van der Waals surface area contributed by atoms with Crippen LogP contribution < -0.4 is 4.74 Å². The second-order valence-corrected chi connectivity index (χ2v) is 5.43. The highest BCUT2D eigenvalue weighted by molar-refractivity contribution is 5.87. The monoisotopic (exact) mass is 334 g/mol. The standard InChI is InChI=1S/C19H14N2O4/c1-12-17(18(19(22)23)21-25-12)10-13-2-6-15(7-3-13)24-16-8-4-14(11-20)5-9-16/h2-9H,10H2,1H3,(H,22,23). The van der Waals surface area contributed by atoms with Crippen LogP contribution in [0, 0.1) is 18.3 Å². The van der Waals surface area contributed by atoms with Crippen LogP contribution in [-0.4, -0.2) is 16.2 Å². The van der Waals surface area contributed by atoms with Gasteiger partial charge in [-0.25, -0.2) is 4.79 Å². The van der Waals surface area contributed by atoms with Crippen molar-refractivity contribution in [3.8, 4) is 17.6 Å². The molecule has 0 aliphatic carbocycles. The molecule has 3 rings (SSSR count). The largest absolute Gasteiger partial charge is 0.476 e. The maximum absolute atomic E-state index is 11.2. The maximum atomic E-state index is 11.2. The average molecular weight is 334 g/mol. The number of aromatic carboxylic acids is 1. The first kappa shape index (κ1) is 16.3. The zero-order valence-corrected chi connectivity index (χ0v) is 13.4. The van der Waals surface area contributed by atoms with E-state index in [2.05, 4.69) is 11.2 Å². The van der Waals surface area contributed by atoms with E-state index in [1.165, 1.54) is 0 Å². The fraction of sp³-hybridized carbons (Fsp3) is 0.105. The predicted molar refractivity (Wildman–Crippen MR) is 88.7 cm³/mol. The Morgan fingerprint density at radius 3 is 2.32 bits per heavy atom. The molecule has 1 heterocycles. The van der Waals surface area contributed by atoms with Gasteiger partial charge < -0.3 is 14.4 Å². The summed E-state index contributed by atoms with van der Waals surface area (Å²) < 4.78 is 10.7. The summed E-state index contributed by atoms with van der Waals surface area (Å²) in [4.78, 5) is 11.2. The van der Waals surface area contributed by atoms with Crippen LogP contribution in [0.2, 0.25) is 0 Å². The van der Waals surface area contributed by atoms with Crippen molar-refractivity contribution in [2.45, 2.75) is 13.3 Å². The molecule has 0 radical (unpaired) electrons. The maximum Gasteiger partial charge on any atom is 0.358 e. The summed E-state index contributed by atoms with van der Waals surface area (Å²) in [5, 5.41) is 21.5. The van der Waals surface area contributed by atoms with Gasteiger partial charge in [0, 0.05) is 12.0 Å². The summed E-state index contributed by atoms with van der Waals surface area (Å²) in [5.74, 6) is 0.673. The number of carbonyl (C=O) groups is 1. The number of aryl methyl sites for hydroxylation is 1. The first-order chi connectivity index (χ1) is 12.1. The molecule has 1 aromatic heterocycles. The molecule has 0 aliphatic heterocycles. The Balaban J connectivity index is 1.73. The van der Waals surface area contributed by atoms with Gasteiger partial charge in [0.15, 0.2) is 5.69 Å². The highest BCUT2D eigenvalue weighted by Crippen LogP contribution is 2.24. The quantitative estimate of drug-likeness (QED) is 0.759. The minimum atomic E-state index is -1.10. The van der Waals surface area contributed by atoms with Crippen molar-refractivity contribution in [2.75, 3.05) is 0 Å². The summed E-state index contributed by atoms with van der Waals surface area (Å²) in [5.41, 5.74) is 1.99. The third kappa shape index (κ3) is 3.67. The first-order valence-corrected chi connectivity index (χ1v) is 7.52. The molecule has 25 heavy (non-hydrogen) atoms. The minimum absolute atomic E-state index is 0.0598. The highest BCUT2D eigenvalue weighted by Gasteiger charge is 2.19. The minimum Gasteiger partial charge on any atom is -0.476 e. The number of hydrogen-bond acceptors (Lipinski definition) is 5. The molecule has 6 nitrogen and oxygen atoms in total. The number of hydrogen-bond donors (Lipinski definition) is 1. The van der Waals surface area contributed by atoms with E-state index in [0.717, 1.165) is 5.56 Å². The molecule has 0 amide bonds. The summed E-state index contributed by atoms with van der Waals surface area (Å²) in [6.07, 6.45) is 0.411. The third-order valence-corrected chi connectivity index (χ3v) is 3.71. The molecule has 2 aromatic carbocycles. The zero-order valence-electron chi connectivity index (χ0n) is 13.4. The topological polar surface area (TPSA) is 96.3 Å². The van der Waals surface area contributed by atoms with Crippen LogP contribution in [-0.2, 0) is 6.42 Å². The van der Waals surface area contributed by atoms with Crippen LogP contribution in [0.5, 0.6) is 11.5 Å². The lowest BCUT2D eigenvalue weighted by molar-refractivity contribution is 0.0685. The van der Waals surface area contributed by atoms with Gasteiger partial charge in [-0.1, -0.05) is 17.3 Å². The molecule has 0 aliphatic rings. The van der Waals surface area contributed by atoms with Crippen LogP contribution in [0.15, 0.2) is 53.1 Å². The number of carboxylic acids is 1. The number of nitriles is 1. The smallest absolute Gasteiger partial charge is 0.358 e. The summed E-state index contributed by atoms with van der Waals surface area (Å²) in [6, 6.07) is 16.2. The van der Waals surface area contributed by atoms with E-state index in [1.807, 2.05) is 12.1 Å². The van der Waals surface area contributed by atoms with Gasteiger partial charge in [-0.3, -0.25) is 0 Å². The zero-order chi connectivity index (χ0) is 17.8. The van der Waals surface area contributed by atoms with Gasteiger partial charge in [0.1, 0.15) is 17.3 Å². The van der Waals surface area contributed by atoms with Crippen LogP contribution in [0.25, 0.3) is 0 Å². The first-order valence-electron chi connectivity index (χ1n) is 7.52. The second kappa shape index (κ2) is 6.89. The van der Waals surface area contributed by atoms with Gasteiger partial charge in [-0.2, -0.15) is 5.26 Å². The van der Waals surface area contributed by atoms with Crippen molar-refractivity contribution in [3.05, 3.63) is 76.7 Å². The Bertz CT molecular complexity index is 935. The van der Waals surface area contributed by atoms with E-state index < -0.39 is 5.97 Å². The van der Waals surface area contributed by atoms with Crippen molar-refractivity contribution < 1.29 is 19.2 Å². The molecule has 0 saturated carbocycles. The molecule has 124 valence electrons. The summed E-state index contributed by atoms with van der Waals surface area (Å²) >= 11 is 0. The molecule has 0 spiro atoms. The Labute approximate surface area is 143 Å². The van der Waals surface area contributed by atoms with Crippen molar-refractivity contribution in [2.24, 2.45) is 0 Å². The fourth-order valence-corrected chi connectivity index (χ4v) is 2.38. The third-order valence-electron chi connectivity index (χ3n) is 3.71. The van der Waals surface area contributed by atoms with Crippen molar-refractivity contribution in [3.63, 3.8) is 0 Å². The molecular weight excluding hydrogens is 320 g/mol. The lowest BCUT2D eigenvalue weighted by Crippen LogP contribution is -2.02. The van der Waals surface area contributed by atoms with E-state index >= 15 is 0 Å². The fourth-order valence-electron chi connectivity index (χ4n) is 2.38. The molecule has 0 fully saturated rings. The molecule has 3 aromatic rings. The van der Waals surface area contributed by atoms with Crippen LogP contribution in [0.1, 0.15) is 32.9 Å². The van der Waals surface area contributed by atoms with Gasteiger partial charge in [0.05, 0.1) is 11.6 Å². The van der Waals surface area contributed by atoms with Crippen LogP contribution >= 0.6 is 0 Å². The number of ether oxygens (including phenoxy) is 1. The molecule has 6 heteroatoms. The average Bonchev–Trinajstić information content (AvgIpc) is 2.98. The predicted octanol–water partition coefficient (Wildman–Crippen LogP) is 3.94. The van der Waals surface area contributed by atoms with Crippen LogP contribution in [0.4, 0.5) is 0 Å². The highest BCUT2D eigenvalue weighted by atomic mass is 16.5. The van der Waals surface area contributed by atoms with E-state index in [9.17, 15) is 4.79 Å². The molecular formula is C19H14N2O4. The normalized spacial score (nSPS) is 10.2. The molecule has 0 unspecified atom stereocenters. The van der Waals surface area contributed by atoms with Gasteiger partial charge in [0.25, 0.3) is 0 Å². The number of carboxylic acid groups (broad SMARTS) is 1. The Morgan fingerprint density at radius 2 is 1.76 bits per heavy atom. The van der Waals surface area contributed by atoms with Gasteiger partial charge in [0.2, 0.25) is 0 Å². The number of aromatic nitrogens is 1. The van der Waals surface area contributed by atoms with Crippen LogP contribution in [0.3, 0.4) is 0 Å². The van der Waals surface area contributed by atoms with Crippen molar-refractivity contribution in [1.29, 1.82) is 5.26 Å². The van der Waals surface area contributed by atoms with Crippen molar-refractivity contribution >= 4 is 5.97 Å². The lowest BCUT2D eigenvalue weighted by atomic mass is 10.0. The van der Waals surface area contributed by atoms with E-state index in [4.69, 9.17) is 19.6 Å². The summed E-state index contributed by atoms with van der Waals surface area (Å²) in [6.45, 7) is 1.69. The Morgan fingerprint density at radius 1 is 1.16 bits per heavy atom. The molecule has 0 bridgehead atoms. The Kier molecular flexibility index (Phi) is 4.48. The van der Waals surface area contributed by atoms with Gasteiger partial charge in [-0.15, -0.1) is 0 Å². The van der Waals surface area contributed by atoms with Gasteiger partial charge in [-0.05, 0) is 48.9 Å². The number of benzene rings is 2. The van der Waals surface area contributed by atoms with E-state index in [-0.39, 0.29) is 5.69 Å². The Hall–Kier alpha value is -3.59. The lowest BCUT2D eigenvalue weighted by Gasteiger charge is -2.07. The molecule has 0 atom stereocenters. The number of nitrogens with zero attached hydrogens (tertiary/aromatic N) is 2. The second-order valence-electron chi connectivity index (χ2n) is 5.43. The van der Waals surface area contributed by atoms with E-state index in [1.54, 1.807) is 43.3 Å². The summed E-state index contributed by atoms with van der Waals surface area (Å²) in [7, 11) is 0. The number of rotatable bonds is 5. The van der Waals surface area contributed by atoms with Gasteiger partial charge >= 0.3 is 5.97 Å². The van der Waals surface area contributed by atoms with Crippen molar-refractivity contribution in [1.82, 2.24) is 5.16 Å². The van der Waals surface area contributed by atoms with E-state index in [0.29, 0.717) is 34.8 Å². The molecule has 0 saturated heterocycles. The SMILES string of the molecule is Cc1onc(C(=O)O)c1Cc1ccc(Oc2ccc(C#N)cc2)cc1.